The molecule has 9 heteroatoms. The van der Waals surface area contributed by atoms with Gasteiger partial charge in [-0.3, -0.25) is 0 Å². The maximum atomic E-state index is 13.8. The molecular formula is C31H26F3N3O3. The van der Waals surface area contributed by atoms with E-state index in [9.17, 15) is 23.1 Å². The number of rotatable bonds is 5. The second-order valence-corrected chi connectivity index (χ2v) is 11.2. The fourth-order valence-electron chi connectivity index (χ4n) is 6.21. The van der Waals surface area contributed by atoms with Crippen molar-refractivity contribution in [1.82, 2.24) is 10.1 Å². The van der Waals surface area contributed by atoms with Gasteiger partial charge < -0.3 is 14.5 Å². The standard InChI is InChI=1S/C31H26F3N3O3/c32-31(33,34)24-4-2-1-3-23(24)27-26(28(40-36-27)18-5-6-18)21-15-30(16-21)9-11-37(12-10-30)22-8-7-19-14-25(29(38)39)35-17-20(19)13-22/h1-4,7-8,13-15,17-18H,5-6,9-12,16H2,(H,38,39). The summed E-state index contributed by atoms with van der Waals surface area (Å²) in [4.78, 5) is 17.6. The molecule has 0 radical (unpaired) electrons. The van der Waals surface area contributed by atoms with Crippen molar-refractivity contribution in [2.75, 3.05) is 18.0 Å². The minimum atomic E-state index is -4.48. The van der Waals surface area contributed by atoms with Gasteiger partial charge in [0.05, 0.1) is 5.56 Å². The summed E-state index contributed by atoms with van der Waals surface area (Å²) < 4.78 is 47.2. The van der Waals surface area contributed by atoms with Gasteiger partial charge in [0.1, 0.15) is 17.1 Å². The number of hydrogen-bond donors (Lipinski definition) is 1. The molecule has 0 bridgehead atoms. The van der Waals surface area contributed by atoms with E-state index in [1.54, 1.807) is 18.3 Å². The average molecular weight is 546 g/mol. The molecular weight excluding hydrogens is 519 g/mol. The van der Waals surface area contributed by atoms with E-state index < -0.39 is 17.7 Å². The molecule has 2 aromatic carbocycles. The fourth-order valence-corrected chi connectivity index (χ4v) is 6.21. The van der Waals surface area contributed by atoms with Gasteiger partial charge in [0.15, 0.2) is 0 Å². The molecule has 1 N–H and O–H groups in total. The van der Waals surface area contributed by atoms with Gasteiger partial charge >= 0.3 is 12.1 Å². The highest BCUT2D eigenvalue weighted by Gasteiger charge is 2.44. The minimum absolute atomic E-state index is 0.0134. The number of piperidine rings is 1. The second-order valence-electron chi connectivity index (χ2n) is 11.2. The molecule has 40 heavy (non-hydrogen) atoms. The number of aromatic nitrogens is 2. The van der Waals surface area contributed by atoms with Gasteiger partial charge in [-0.2, -0.15) is 13.2 Å². The first-order valence-electron chi connectivity index (χ1n) is 13.5. The summed E-state index contributed by atoms with van der Waals surface area (Å²) >= 11 is 0. The molecule has 1 saturated heterocycles. The maximum Gasteiger partial charge on any atom is 0.417 e. The van der Waals surface area contributed by atoms with Gasteiger partial charge in [-0.1, -0.05) is 35.5 Å². The van der Waals surface area contributed by atoms with E-state index in [0.717, 1.165) is 84.6 Å². The van der Waals surface area contributed by atoms with E-state index in [1.165, 1.54) is 12.1 Å². The lowest BCUT2D eigenvalue weighted by Gasteiger charge is -2.47. The van der Waals surface area contributed by atoms with E-state index in [0.29, 0.717) is 5.69 Å². The lowest BCUT2D eigenvalue weighted by molar-refractivity contribution is -0.137. The summed E-state index contributed by atoms with van der Waals surface area (Å²) in [5.41, 5.74) is 2.57. The highest BCUT2D eigenvalue weighted by molar-refractivity contribution is 5.93. The number of allylic oxidation sites excluding steroid dienone is 2. The van der Waals surface area contributed by atoms with Gasteiger partial charge in [-0.15, -0.1) is 0 Å². The summed E-state index contributed by atoms with van der Waals surface area (Å²) in [5, 5.41) is 15.1. The number of halogens is 3. The van der Waals surface area contributed by atoms with Crippen LogP contribution >= 0.6 is 0 Å². The predicted molar refractivity (Wildman–Crippen MR) is 144 cm³/mol. The normalized spacial score (nSPS) is 18.6. The Balaban J connectivity index is 1.14. The third-order valence-corrected chi connectivity index (χ3v) is 8.55. The van der Waals surface area contributed by atoms with E-state index in [4.69, 9.17) is 4.52 Å². The zero-order chi connectivity index (χ0) is 27.6. The van der Waals surface area contributed by atoms with Crippen LogP contribution in [-0.2, 0) is 6.18 Å². The number of fused-ring (bicyclic) bond motifs is 1. The van der Waals surface area contributed by atoms with Crippen molar-refractivity contribution in [2.24, 2.45) is 5.41 Å². The summed E-state index contributed by atoms with van der Waals surface area (Å²) in [7, 11) is 0. The smallest absolute Gasteiger partial charge is 0.417 e. The number of benzene rings is 2. The van der Waals surface area contributed by atoms with Gasteiger partial charge in [-0.05, 0) is 72.7 Å². The Morgan fingerprint density at radius 3 is 2.50 bits per heavy atom. The molecule has 4 aromatic rings. The van der Waals surface area contributed by atoms with Crippen LogP contribution in [0.25, 0.3) is 27.6 Å². The largest absolute Gasteiger partial charge is 0.477 e. The van der Waals surface area contributed by atoms with E-state index in [1.807, 2.05) is 18.2 Å². The third kappa shape index (κ3) is 4.24. The van der Waals surface area contributed by atoms with E-state index in [2.05, 4.69) is 21.1 Å². The summed E-state index contributed by atoms with van der Waals surface area (Å²) in [6.45, 7) is 1.69. The Labute approximate surface area is 228 Å². The highest BCUT2D eigenvalue weighted by atomic mass is 19.4. The molecule has 3 heterocycles. The van der Waals surface area contributed by atoms with Crippen molar-refractivity contribution in [3.8, 4) is 11.3 Å². The first-order chi connectivity index (χ1) is 19.2. The number of carbonyl (C=O) groups is 1. The number of hydrogen-bond acceptors (Lipinski definition) is 5. The molecule has 0 amide bonds. The van der Waals surface area contributed by atoms with Gasteiger partial charge in [0.25, 0.3) is 0 Å². The average Bonchev–Trinajstić information content (AvgIpc) is 3.69. The molecule has 1 spiro atoms. The molecule has 2 aliphatic carbocycles. The van der Waals surface area contributed by atoms with Crippen molar-refractivity contribution in [3.05, 3.63) is 83.4 Å². The Morgan fingerprint density at radius 1 is 1.05 bits per heavy atom. The number of anilines is 1. The maximum absolute atomic E-state index is 13.8. The lowest BCUT2D eigenvalue weighted by Crippen LogP contribution is -2.42. The van der Waals surface area contributed by atoms with Crippen LogP contribution in [0.3, 0.4) is 0 Å². The van der Waals surface area contributed by atoms with Crippen LogP contribution in [0.4, 0.5) is 18.9 Å². The monoisotopic (exact) mass is 545 g/mol. The SMILES string of the molecule is O=C(O)c1cc2ccc(N3CCC4(C=C(c5c(-c6ccccc6C(F)(F)F)noc5C5CC5)C4)CC3)cc2cn1. The van der Waals surface area contributed by atoms with Crippen molar-refractivity contribution in [2.45, 2.75) is 44.2 Å². The number of carboxylic acid groups (broad SMARTS) is 1. The summed E-state index contributed by atoms with van der Waals surface area (Å²) in [6.07, 6.45) is 3.96. The number of alkyl halides is 3. The molecule has 0 atom stereocenters. The number of nitrogens with zero attached hydrogens (tertiary/aromatic N) is 3. The minimum Gasteiger partial charge on any atom is -0.477 e. The molecule has 204 valence electrons. The van der Waals surface area contributed by atoms with Crippen molar-refractivity contribution < 1.29 is 27.6 Å². The second kappa shape index (κ2) is 8.94. The van der Waals surface area contributed by atoms with Gasteiger partial charge in [-0.25, -0.2) is 9.78 Å². The number of aromatic carboxylic acids is 1. The van der Waals surface area contributed by atoms with Crippen LogP contribution < -0.4 is 4.90 Å². The first kappa shape index (κ1) is 24.9. The molecule has 0 unspecified atom stereocenters. The number of pyridine rings is 1. The van der Waals surface area contributed by atoms with Crippen LogP contribution in [0, 0.1) is 5.41 Å². The molecule has 1 saturated carbocycles. The highest BCUT2D eigenvalue weighted by Crippen LogP contribution is 2.56. The Hall–Kier alpha value is -4.14. The quantitative estimate of drug-likeness (QED) is 0.279. The number of carboxylic acids is 1. The van der Waals surface area contributed by atoms with E-state index in [-0.39, 0.29) is 22.6 Å². The first-order valence-corrected chi connectivity index (χ1v) is 13.5. The molecule has 1 aliphatic heterocycles. The van der Waals surface area contributed by atoms with Crippen LogP contribution in [0.1, 0.15) is 65.4 Å². The zero-order valence-corrected chi connectivity index (χ0v) is 21.5. The molecule has 2 fully saturated rings. The predicted octanol–water partition coefficient (Wildman–Crippen LogP) is 7.56. The molecule has 6 nitrogen and oxygen atoms in total. The third-order valence-electron chi connectivity index (χ3n) is 8.55. The lowest BCUT2D eigenvalue weighted by atomic mass is 9.63. The Morgan fingerprint density at radius 2 is 1.80 bits per heavy atom. The Kier molecular flexibility index (Phi) is 5.56. The van der Waals surface area contributed by atoms with Crippen LogP contribution in [-0.4, -0.2) is 34.3 Å². The van der Waals surface area contributed by atoms with Crippen LogP contribution in [0.15, 0.2) is 65.3 Å². The molecule has 3 aliphatic rings. The molecule has 7 rings (SSSR count). The molecule has 2 aromatic heterocycles. The Bertz CT molecular complexity index is 1680. The van der Waals surface area contributed by atoms with Crippen molar-refractivity contribution in [3.63, 3.8) is 0 Å². The summed E-state index contributed by atoms with van der Waals surface area (Å²) in [5.74, 6) is -0.101. The zero-order valence-electron chi connectivity index (χ0n) is 21.5. The van der Waals surface area contributed by atoms with Gasteiger partial charge in [0.2, 0.25) is 0 Å². The van der Waals surface area contributed by atoms with Crippen molar-refractivity contribution >= 4 is 28.0 Å². The van der Waals surface area contributed by atoms with E-state index >= 15 is 0 Å². The van der Waals surface area contributed by atoms with Crippen LogP contribution in [0.2, 0.25) is 0 Å². The van der Waals surface area contributed by atoms with Crippen LogP contribution in [0.5, 0.6) is 0 Å². The fraction of sp³-hybridized carbons (Fsp3) is 0.323. The summed E-state index contributed by atoms with van der Waals surface area (Å²) in [6, 6.07) is 13.2. The van der Waals surface area contributed by atoms with Crippen molar-refractivity contribution in [1.29, 1.82) is 0 Å². The van der Waals surface area contributed by atoms with Gasteiger partial charge in [0, 0.05) is 47.4 Å². The topological polar surface area (TPSA) is 79.5 Å².